The summed E-state index contributed by atoms with van der Waals surface area (Å²) in [5.41, 5.74) is -0.813. The summed E-state index contributed by atoms with van der Waals surface area (Å²) in [5.74, 6) is 0.113. The Bertz CT molecular complexity index is 284. The van der Waals surface area contributed by atoms with Crippen molar-refractivity contribution >= 4 is 5.97 Å². The van der Waals surface area contributed by atoms with Crippen molar-refractivity contribution in [3.63, 3.8) is 0 Å². The van der Waals surface area contributed by atoms with E-state index >= 15 is 0 Å². The lowest BCUT2D eigenvalue weighted by Crippen LogP contribution is -2.46. The van der Waals surface area contributed by atoms with Crippen molar-refractivity contribution in [3.8, 4) is 0 Å². The second kappa shape index (κ2) is 4.00. The van der Waals surface area contributed by atoms with E-state index in [9.17, 15) is 15.0 Å². The predicted octanol–water partition coefficient (Wildman–Crippen LogP) is 0.942. The highest BCUT2D eigenvalue weighted by Crippen LogP contribution is 2.42. The van der Waals surface area contributed by atoms with Crippen LogP contribution >= 0.6 is 0 Å². The van der Waals surface area contributed by atoms with E-state index < -0.39 is 11.6 Å². The Morgan fingerprint density at radius 2 is 2.12 bits per heavy atom. The average Bonchev–Trinajstić information content (AvgIpc) is 2.58. The van der Waals surface area contributed by atoms with Crippen LogP contribution in [0.5, 0.6) is 0 Å². The van der Waals surface area contributed by atoms with Crippen LogP contribution in [0.3, 0.4) is 0 Å². The minimum atomic E-state index is -0.813. The molecule has 4 nitrogen and oxygen atoms in total. The van der Waals surface area contributed by atoms with E-state index in [-0.39, 0.29) is 6.04 Å². The van der Waals surface area contributed by atoms with Crippen LogP contribution in [0.15, 0.2) is 0 Å². The summed E-state index contributed by atoms with van der Waals surface area (Å²) in [7, 11) is 0. The molecule has 92 valence electrons. The van der Waals surface area contributed by atoms with E-state index in [1.807, 2.05) is 4.90 Å². The predicted molar refractivity (Wildman–Crippen MR) is 60.1 cm³/mol. The van der Waals surface area contributed by atoms with Gasteiger partial charge in [-0.2, -0.15) is 0 Å². The van der Waals surface area contributed by atoms with Gasteiger partial charge in [-0.25, -0.2) is 0 Å². The molecule has 2 fully saturated rings. The quantitative estimate of drug-likeness (QED) is 0.753. The molecule has 3 unspecified atom stereocenters. The van der Waals surface area contributed by atoms with Crippen molar-refractivity contribution in [1.82, 2.24) is 4.90 Å². The Hall–Kier alpha value is -0.610. The molecule has 0 aromatic carbocycles. The zero-order valence-corrected chi connectivity index (χ0v) is 10.0. The molecule has 1 saturated heterocycles. The van der Waals surface area contributed by atoms with E-state index in [1.54, 1.807) is 13.8 Å². The number of aliphatic hydroxyl groups is 1. The van der Waals surface area contributed by atoms with Gasteiger partial charge >= 0.3 is 5.97 Å². The lowest BCUT2D eigenvalue weighted by Gasteiger charge is -2.29. The molecular formula is C12H21NO3. The molecule has 0 aromatic rings. The van der Waals surface area contributed by atoms with Gasteiger partial charge in [-0.3, -0.25) is 9.69 Å². The number of β-amino-alcohol motifs (C(OH)–C–C–N with tert-alkyl or cyclic N) is 1. The molecule has 2 N–H and O–H groups in total. The SMILES string of the molecule is CC(C)(O)CN1CC2CCCC2C1C(=O)O. The zero-order valence-electron chi connectivity index (χ0n) is 10.0. The Labute approximate surface area is 96.3 Å². The first-order valence-electron chi connectivity index (χ1n) is 6.08. The van der Waals surface area contributed by atoms with E-state index in [2.05, 4.69) is 0 Å². The normalized spacial score (nSPS) is 35.3. The van der Waals surface area contributed by atoms with Crippen molar-refractivity contribution in [3.05, 3.63) is 0 Å². The van der Waals surface area contributed by atoms with E-state index in [1.165, 1.54) is 0 Å². The summed E-state index contributed by atoms with van der Waals surface area (Å²) >= 11 is 0. The van der Waals surface area contributed by atoms with Crippen molar-refractivity contribution in [2.45, 2.75) is 44.8 Å². The second-order valence-corrected chi connectivity index (χ2v) is 5.88. The van der Waals surface area contributed by atoms with Crippen molar-refractivity contribution in [2.24, 2.45) is 11.8 Å². The summed E-state index contributed by atoms with van der Waals surface area (Å²) < 4.78 is 0. The number of hydrogen-bond acceptors (Lipinski definition) is 3. The molecule has 3 atom stereocenters. The molecule has 1 aliphatic heterocycles. The lowest BCUT2D eigenvalue weighted by atomic mass is 9.94. The largest absolute Gasteiger partial charge is 0.480 e. The maximum Gasteiger partial charge on any atom is 0.321 e. The molecule has 1 heterocycles. The minimum Gasteiger partial charge on any atom is -0.480 e. The zero-order chi connectivity index (χ0) is 11.9. The number of likely N-dealkylation sites (tertiary alicyclic amines) is 1. The maximum atomic E-state index is 11.3. The van der Waals surface area contributed by atoms with E-state index in [0.717, 1.165) is 25.8 Å². The lowest BCUT2D eigenvalue weighted by molar-refractivity contribution is -0.144. The molecule has 16 heavy (non-hydrogen) atoms. The van der Waals surface area contributed by atoms with Crippen molar-refractivity contribution < 1.29 is 15.0 Å². The van der Waals surface area contributed by atoms with Crippen LogP contribution < -0.4 is 0 Å². The summed E-state index contributed by atoms with van der Waals surface area (Å²) in [6, 6.07) is -0.376. The van der Waals surface area contributed by atoms with Gasteiger partial charge in [0.05, 0.1) is 5.60 Å². The molecule has 0 bridgehead atoms. The number of carboxylic acids is 1. The fourth-order valence-corrected chi connectivity index (χ4v) is 3.39. The first kappa shape index (κ1) is 11.9. The molecule has 4 heteroatoms. The van der Waals surface area contributed by atoms with Crippen molar-refractivity contribution in [1.29, 1.82) is 0 Å². The summed E-state index contributed by atoms with van der Waals surface area (Å²) in [4.78, 5) is 13.3. The van der Waals surface area contributed by atoms with Gasteiger partial charge in [-0.1, -0.05) is 6.42 Å². The Kier molecular flexibility index (Phi) is 2.97. The van der Waals surface area contributed by atoms with Gasteiger partial charge in [0, 0.05) is 13.1 Å². The van der Waals surface area contributed by atoms with Gasteiger partial charge in [0.1, 0.15) is 6.04 Å². The number of nitrogens with zero attached hydrogens (tertiary/aromatic N) is 1. The van der Waals surface area contributed by atoms with Crippen LogP contribution in [0.25, 0.3) is 0 Å². The molecule has 0 aromatic heterocycles. The van der Waals surface area contributed by atoms with Crippen LogP contribution in [0.2, 0.25) is 0 Å². The van der Waals surface area contributed by atoms with E-state index in [4.69, 9.17) is 0 Å². The van der Waals surface area contributed by atoms with Gasteiger partial charge in [-0.15, -0.1) is 0 Å². The molecule has 0 amide bonds. The van der Waals surface area contributed by atoms with Crippen molar-refractivity contribution in [2.75, 3.05) is 13.1 Å². The average molecular weight is 227 g/mol. The maximum absolute atomic E-state index is 11.3. The van der Waals surface area contributed by atoms with Crippen LogP contribution in [0.1, 0.15) is 33.1 Å². The fourth-order valence-electron chi connectivity index (χ4n) is 3.39. The molecule has 2 aliphatic rings. The molecular weight excluding hydrogens is 206 g/mol. The highest BCUT2D eigenvalue weighted by atomic mass is 16.4. The van der Waals surface area contributed by atoms with Gasteiger partial charge in [0.15, 0.2) is 0 Å². The minimum absolute atomic E-state index is 0.305. The number of fused-ring (bicyclic) bond motifs is 1. The van der Waals surface area contributed by atoms with Gasteiger partial charge < -0.3 is 10.2 Å². The Balaban J connectivity index is 2.11. The summed E-state index contributed by atoms with van der Waals surface area (Å²) in [6.45, 7) is 4.77. The third-order valence-corrected chi connectivity index (χ3v) is 3.83. The Morgan fingerprint density at radius 3 is 2.69 bits per heavy atom. The van der Waals surface area contributed by atoms with Crippen LogP contribution in [-0.4, -0.2) is 45.8 Å². The standard InChI is InChI=1S/C12H21NO3/c1-12(2,16)7-13-6-8-4-3-5-9(8)10(13)11(14)15/h8-10,16H,3-7H2,1-2H3,(H,14,15). The van der Waals surface area contributed by atoms with Crippen LogP contribution in [-0.2, 0) is 4.79 Å². The number of aliphatic carboxylic acids is 1. The highest BCUT2D eigenvalue weighted by Gasteiger charge is 2.48. The van der Waals surface area contributed by atoms with Crippen LogP contribution in [0.4, 0.5) is 0 Å². The second-order valence-electron chi connectivity index (χ2n) is 5.88. The Morgan fingerprint density at radius 1 is 1.44 bits per heavy atom. The smallest absolute Gasteiger partial charge is 0.321 e. The van der Waals surface area contributed by atoms with Gasteiger partial charge in [-0.05, 0) is 38.5 Å². The van der Waals surface area contributed by atoms with Crippen LogP contribution in [0, 0.1) is 11.8 Å². The third kappa shape index (κ3) is 2.23. The number of rotatable bonds is 3. The van der Waals surface area contributed by atoms with Gasteiger partial charge in [0.2, 0.25) is 0 Å². The first-order valence-corrected chi connectivity index (χ1v) is 6.08. The molecule has 1 aliphatic carbocycles. The summed E-state index contributed by atoms with van der Waals surface area (Å²) in [5, 5.41) is 19.1. The third-order valence-electron chi connectivity index (χ3n) is 3.83. The molecule has 0 spiro atoms. The highest BCUT2D eigenvalue weighted by molar-refractivity contribution is 5.74. The molecule has 2 rings (SSSR count). The fraction of sp³-hybridized carbons (Fsp3) is 0.917. The number of carboxylic acid groups (broad SMARTS) is 1. The molecule has 1 saturated carbocycles. The monoisotopic (exact) mass is 227 g/mol. The van der Waals surface area contributed by atoms with Gasteiger partial charge in [0.25, 0.3) is 0 Å². The molecule has 0 radical (unpaired) electrons. The first-order chi connectivity index (χ1) is 7.38. The summed E-state index contributed by atoms with van der Waals surface area (Å²) in [6.07, 6.45) is 3.34. The number of carbonyl (C=O) groups is 1. The van der Waals surface area contributed by atoms with E-state index in [0.29, 0.717) is 18.4 Å². The number of hydrogen-bond donors (Lipinski definition) is 2. The topological polar surface area (TPSA) is 60.8 Å².